The molecule has 0 aromatic heterocycles. The molecule has 0 aliphatic carbocycles. The number of benzene rings is 2. The van der Waals surface area contributed by atoms with E-state index in [9.17, 15) is 13.2 Å². The fourth-order valence-electron chi connectivity index (χ4n) is 3.08. The first-order valence-corrected chi connectivity index (χ1v) is 10.4. The molecule has 1 fully saturated rings. The van der Waals surface area contributed by atoms with Crippen molar-refractivity contribution in [1.29, 1.82) is 0 Å². The lowest BCUT2D eigenvalue weighted by atomic mass is 10.1. The maximum atomic E-state index is 12.9. The van der Waals surface area contributed by atoms with Crippen LogP contribution in [0.1, 0.15) is 21.5 Å². The van der Waals surface area contributed by atoms with E-state index in [2.05, 4.69) is 10.2 Å². The molecular weight excluding hydrogens is 362 g/mol. The molecule has 27 heavy (non-hydrogen) atoms. The zero-order valence-electron chi connectivity index (χ0n) is 15.7. The van der Waals surface area contributed by atoms with Gasteiger partial charge in [0.25, 0.3) is 5.91 Å². The number of hydrogen-bond acceptors (Lipinski definition) is 4. The van der Waals surface area contributed by atoms with E-state index in [1.807, 2.05) is 38.2 Å². The number of likely N-dealkylation sites (N-methyl/N-ethyl adjacent to an activating group) is 1. The standard InChI is InChI=1S/C20H25N3O3S/c1-16-5-3-6-17(13-16)15-21-20(24)18-7-4-8-19(14-18)27(25,26)23-11-9-22(2)10-12-23/h3-8,13-14H,9-12,15H2,1-2H3,(H,21,24). The van der Waals surface area contributed by atoms with Gasteiger partial charge in [-0.3, -0.25) is 4.79 Å². The van der Waals surface area contributed by atoms with Crippen LogP contribution in [0.5, 0.6) is 0 Å². The maximum absolute atomic E-state index is 12.9. The van der Waals surface area contributed by atoms with E-state index in [4.69, 9.17) is 0 Å². The van der Waals surface area contributed by atoms with Crippen molar-refractivity contribution in [2.45, 2.75) is 18.4 Å². The smallest absolute Gasteiger partial charge is 0.251 e. The van der Waals surface area contributed by atoms with Gasteiger partial charge in [0, 0.05) is 38.3 Å². The fraction of sp³-hybridized carbons (Fsp3) is 0.350. The summed E-state index contributed by atoms with van der Waals surface area (Å²) in [5.74, 6) is -0.285. The summed E-state index contributed by atoms with van der Waals surface area (Å²) in [6, 6.07) is 14.2. The van der Waals surface area contributed by atoms with Gasteiger partial charge >= 0.3 is 0 Å². The van der Waals surface area contributed by atoms with Crippen LogP contribution in [0.3, 0.4) is 0 Å². The van der Waals surface area contributed by atoms with E-state index >= 15 is 0 Å². The summed E-state index contributed by atoms with van der Waals surface area (Å²) in [7, 11) is -1.61. The summed E-state index contributed by atoms with van der Waals surface area (Å²) in [5.41, 5.74) is 2.48. The molecule has 1 aliphatic rings. The molecular formula is C20H25N3O3S. The van der Waals surface area contributed by atoms with Crippen LogP contribution < -0.4 is 5.32 Å². The minimum Gasteiger partial charge on any atom is -0.348 e. The monoisotopic (exact) mass is 387 g/mol. The Labute approximate surface area is 160 Å². The van der Waals surface area contributed by atoms with Gasteiger partial charge in [0.2, 0.25) is 10.0 Å². The highest BCUT2D eigenvalue weighted by molar-refractivity contribution is 7.89. The van der Waals surface area contributed by atoms with Gasteiger partial charge in [-0.2, -0.15) is 4.31 Å². The van der Waals surface area contributed by atoms with Gasteiger partial charge in [-0.25, -0.2) is 8.42 Å². The highest BCUT2D eigenvalue weighted by atomic mass is 32.2. The Kier molecular flexibility index (Phi) is 5.94. The molecule has 2 aromatic carbocycles. The predicted octanol–water partition coefficient (Wildman–Crippen LogP) is 1.86. The molecule has 6 nitrogen and oxygen atoms in total. The third kappa shape index (κ3) is 4.74. The summed E-state index contributed by atoms with van der Waals surface area (Å²) in [4.78, 5) is 14.7. The third-order valence-corrected chi connectivity index (χ3v) is 6.63. The van der Waals surface area contributed by atoms with Gasteiger partial charge in [-0.1, -0.05) is 35.9 Å². The van der Waals surface area contributed by atoms with Crippen LogP contribution in [0.25, 0.3) is 0 Å². The quantitative estimate of drug-likeness (QED) is 0.850. The number of nitrogens with one attached hydrogen (secondary N) is 1. The number of nitrogens with zero attached hydrogens (tertiary/aromatic N) is 2. The minimum absolute atomic E-state index is 0.162. The van der Waals surface area contributed by atoms with Gasteiger partial charge in [-0.05, 0) is 37.7 Å². The number of amides is 1. The third-order valence-electron chi connectivity index (χ3n) is 4.73. The highest BCUT2D eigenvalue weighted by Gasteiger charge is 2.27. The minimum atomic E-state index is -3.59. The Balaban J connectivity index is 1.71. The van der Waals surface area contributed by atoms with Gasteiger partial charge < -0.3 is 10.2 Å². The molecule has 0 radical (unpaired) electrons. The molecule has 1 N–H and O–H groups in total. The number of piperazine rings is 1. The summed E-state index contributed by atoms with van der Waals surface area (Å²) in [6.45, 7) is 4.73. The van der Waals surface area contributed by atoms with Crippen LogP contribution in [0.4, 0.5) is 0 Å². The van der Waals surface area contributed by atoms with E-state index in [-0.39, 0.29) is 10.8 Å². The molecule has 0 unspecified atom stereocenters. The second-order valence-electron chi connectivity index (χ2n) is 6.91. The van der Waals surface area contributed by atoms with E-state index in [0.717, 1.165) is 11.1 Å². The van der Waals surface area contributed by atoms with E-state index in [0.29, 0.717) is 38.3 Å². The summed E-state index contributed by atoms with van der Waals surface area (Å²) in [6.07, 6.45) is 0. The Hall–Kier alpha value is -2.22. The molecule has 7 heteroatoms. The Morgan fingerprint density at radius 1 is 1.04 bits per heavy atom. The highest BCUT2D eigenvalue weighted by Crippen LogP contribution is 2.18. The topological polar surface area (TPSA) is 69.7 Å². The Morgan fingerprint density at radius 2 is 1.74 bits per heavy atom. The Bertz CT molecular complexity index is 920. The van der Waals surface area contributed by atoms with Crippen molar-refractivity contribution < 1.29 is 13.2 Å². The van der Waals surface area contributed by atoms with Gasteiger partial charge in [0.1, 0.15) is 0 Å². The van der Waals surface area contributed by atoms with Crippen LogP contribution in [0, 0.1) is 6.92 Å². The molecule has 1 aliphatic heterocycles. The predicted molar refractivity (Wildman–Crippen MR) is 105 cm³/mol. The number of carbonyl (C=O) groups excluding carboxylic acids is 1. The SMILES string of the molecule is Cc1cccc(CNC(=O)c2cccc(S(=O)(=O)N3CCN(C)CC3)c2)c1. The van der Waals surface area contributed by atoms with E-state index < -0.39 is 10.0 Å². The average molecular weight is 388 g/mol. The molecule has 2 aromatic rings. The molecule has 1 heterocycles. The molecule has 1 saturated heterocycles. The van der Waals surface area contributed by atoms with Crippen molar-refractivity contribution in [3.63, 3.8) is 0 Å². The van der Waals surface area contributed by atoms with Crippen molar-refractivity contribution >= 4 is 15.9 Å². The lowest BCUT2D eigenvalue weighted by molar-refractivity contribution is 0.0950. The molecule has 0 spiro atoms. The molecule has 3 rings (SSSR count). The summed E-state index contributed by atoms with van der Waals surface area (Å²) < 4.78 is 27.2. The zero-order chi connectivity index (χ0) is 19.4. The van der Waals surface area contributed by atoms with Crippen LogP contribution in [0.2, 0.25) is 0 Å². The normalized spacial score (nSPS) is 16.2. The average Bonchev–Trinajstić information content (AvgIpc) is 2.66. The molecule has 1 amide bonds. The van der Waals surface area contributed by atoms with E-state index in [1.165, 1.54) is 10.4 Å². The van der Waals surface area contributed by atoms with Crippen LogP contribution in [-0.2, 0) is 16.6 Å². The Morgan fingerprint density at radius 3 is 2.44 bits per heavy atom. The first-order chi connectivity index (χ1) is 12.9. The number of carbonyl (C=O) groups is 1. The van der Waals surface area contributed by atoms with Crippen LogP contribution >= 0.6 is 0 Å². The van der Waals surface area contributed by atoms with Gasteiger partial charge in [-0.15, -0.1) is 0 Å². The van der Waals surface area contributed by atoms with E-state index in [1.54, 1.807) is 18.2 Å². The van der Waals surface area contributed by atoms with Gasteiger partial charge in [0.15, 0.2) is 0 Å². The number of sulfonamides is 1. The first kappa shape index (κ1) is 19.5. The summed E-state index contributed by atoms with van der Waals surface area (Å²) in [5, 5.41) is 2.85. The van der Waals surface area contributed by atoms with Crippen molar-refractivity contribution in [2.75, 3.05) is 33.2 Å². The van der Waals surface area contributed by atoms with Crippen molar-refractivity contribution in [2.24, 2.45) is 0 Å². The second kappa shape index (κ2) is 8.21. The largest absolute Gasteiger partial charge is 0.348 e. The van der Waals surface area contributed by atoms with Gasteiger partial charge in [0.05, 0.1) is 4.90 Å². The molecule has 0 atom stereocenters. The van der Waals surface area contributed by atoms with Crippen LogP contribution in [0.15, 0.2) is 53.4 Å². The number of aryl methyl sites for hydroxylation is 1. The lowest BCUT2D eigenvalue weighted by Gasteiger charge is -2.31. The molecule has 0 bridgehead atoms. The van der Waals surface area contributed by atoms with Crippen LogP contribution in [-0.4, -0.2) is 56.8 Å². The number of rotatable bonds is 5. The number of hydrogen-bond donors (Lipinski definition) is 1. The van der Waals surface area contributed by atoms with Crippen molar-refractivity contribution in [1.82, 2.24) is 14.5 Å². The first-order valence-electron chi connectivity index (χ1n) is 8.99. The maximum Gasteiger partial charge on any atom is 0.251 e. The molecule has 144 valence electrons. The van der Waals surface area contributed by atoms with Crippen molar-refractivity contribution in [3.05, 3.63) is 65.2 Å². The fourth-order valence-corrected chi connectivity index (χ4v) is 4.55. The lowest BCUT2D eigenvalue weighted by Crippen LogP contribution is -2.47. The second-order valence-corrected chi connectivity index (χ2v) is 8.84. The summed E-state index contributed by atoms with van der Waals surface area (Å²) >= 11 is 0. The zero-order valence-corrected chi connectivity index (χ0v) is 16.5. The van der Waals surface area contributed by atoms with Crippen molar-refractivity contribution in [3.8, 4) is 0 Å². The molecule has 0 saturated carbocycles.